The molecule has 0 spiro atoms. The molecule has 0 aromatic rings. The molecular weight excluding hydrogens is 402 g/mol. The van der Waals surface area contributed by atoms with Gasteiger partial charge in [-0.1, -0.05) is 57.6 Å². The van der Waals surface area contributed by atoms with Gasteiger partial charge in [-0.25, -0.2) is 8.78 Å². The van der Waals surface area contributed by atoms with Gasteiger partial charge in [0.15, 0.2) is 0 Å². The molecule has 0 aromatic carbocycles. The molecule has 0 aliphatic heterocycles. The SMILES string of the molecule is C=C1CC[C@H](O)C/C1=C/C=C1CCC[C@@]2(C)C1CC[C@@H]2[C@H](C)CCC(F)(F)C(CC)CC. The minimum atomic E-state index is -2.53. The summed E-state index contributed by atoms with van der Waals surface area (Å²) in [7, 11) is 0. The Bertz CT molecular complexity index is 717. The third-order valence-corrected chi connectivity index (χ3v) is 9.43. The van der Waals surface area contributed by atoms with Crippen LogP contribution in [0.2, 0.25) is 0 Å². The van der Waals surface area contributed by atoms with Gasteiger partial charge in [0, 0.05) is 12.3 Å². The standard InChI is InChI=1S/C29H46F2O/c1-6-24(7-2)29(30,31)18-16-21(4)26-14-15-27-22(9-8-17-28(26,27)5)11-12-23-19-25(32)13-10-20(23)3/h11-12,21,24-27,32H,3,6-10,13-19H2,1-2,4-5H3/b22-11?,23-12-/t21-,25+,26-,27?,28-/m1/s1. The summed E-state index contributed by atoms with van der Waals surface area (Å²) in [6, 6.07) is 0. The molecule has 0 heterocycles. The van der Waals surface area contributed by atoms with E-state index in [2.05, 4.69) is 32.6 Å². The van der Waals surface area contributed by atoms with Gasteiger partial charge in [-0.05, 0) is 99.4 Å². The maximum Gasteiger partial charge on any atom is 0.250 e. The first-order valence-corrected chi connectivity index (χ1v) is 13.3. The number of allylic oxidation sites excluding steroid dienone is 4. The Hall–Kier alpha value is -0.960. The van der Waals surface area contributed by atoms with E-state index >= 15 is 0 Å². The van der Waals surface area contributed by atoms with E-state index in [0.29, 0.717) is 37.0 Å². The molecular formula is C29H46F2O. The Labute approximate surface area is 195 Å². The molecule has 5 atom stereocenters. The van der Waals surface area contributed by atoms with Gasteiger partial charge >= 0.3 is 0 Å². The first-order valence-electron chi connectivity index (χ1n) is 13.3. The van der Waals surface area contributed by atoms with Crippen LogP contribution in [0.4, 0.5) is 8.78 Å². The minimum absolute atomic E-state index is 0.0387. The molecule has 3 aliphatic carbocycles. The summed E-state index contributed by atoms with van der Waals surface area (Å²) in [6.45, 7) is 12.7. The molecule has 0 radical (unpaired) electrons. The molecule has 182 valence electrons. The third-order valence-electron chi connectivity index (χ3n) is 9.43. The Morgan fingerprint density at radius 3 is 2.56 bits per heavy atom. The van der Waals surface area contributed by atoms with Gasteiger partial charge in [0.25, 0.3) is 5.92 Å². The van der Waals surface area contributed by atoms with Gasteiger partial charge in [0.1, 0.15) is 0 Å². The zero-order valence-corrected chi connectivity index (χ0v) is 20.9. The van der Waals surface area contributed by atoms with Crippen molar-refractivity contribution in [3.63, 3.8) is 0 Å². The Morgan fingerprint density at radius 2 is 1.88 bits per heavy atom. The molecule has 1 nitrogen and oxygen atoms in total. The summed E-state index contributed by atoms with van der Waals surface area (Å²) in [4.78, 5) is 0. The molecule has 3 rings (SSSR count). The molecule has 3 saturated carbocycles. The number of aliphatic hydroxyl groups is 1. The second kappa shape index (κ2) is 10.5. The van der Waals surface area contributed by atoms with E-state index in [0.717, 1.165) is 32.1 Å². The van der Waals surface area contributed by atoms with Crippen molar-refractivity contribution in [2.45, 2.75) is 117 Å². The number of hydrogen-bond donors (Lipinski definition) is 1. The average molecular weight is 449 g/mol. The molecule has 3 aliphatic rings. The van der Waals surface area contributed by atoms with Crippen molar-refractivity contribution < 1.29 is 13.9 Å². The molecule has 0 bridgehead atoms. The van der Waals surface area contributed by atoms with Crippen LogP contribution in [0.5, 0.6) is 0 Å². The average Bonchev–Trinajstić information content (AvgIpc) is 3.11. The van der Waals surface area contributed by atoms with Gasteiger partial charge in [0.2, 0.25) is 0 Å². The van der Waals surface area contributed by atoms with Gasteiger partial charge in [-0.2, -0.15) is 0 Å². The quantitative estimate of drug-likeness (QED) is 0.394. The summed E-state index contributed by atoms with van der Waals surface area (Å²) in [5.74, 6) is -1.56. The number of fused-ring (bicyclic) bond motifs is 1. The van der Waals surface area contributed by atoms with Crippen LogP contribution in [0.25, 0.3) is 0 Å². The molecule has 1 unspecified atom stereocenters. The van der Waals surface area contributed by atoms with Crippen molar-refractivity contribution in [1.29, 1.82) is 0 Å². The van der Waals surface area contributed by atoms with E-state index in [1.54, 1.807) is 0 Å². The van der Waals surface area contributed by atoms with E-state index in [1.165, 1.54) is 36.0 Å². The van der Waals surface area contributed by atoms with Gasteiger partial charge in [-0.3, -0.25) is 0 Å². The van der Waals surface area contributed by atoms with Crippen molar-refractivity contribution >= 4 is 0 Å². The van der Waals surface area contributed by atoms with Crippen molar-refractivity contribution in [2.75, 3.05) is 0 Å². The van der Waals surface area contributed by atoms with E-state index in [1.807, 2.05) is 13.8 Å². The topological polar surface area (TPSA) is 20.2 Å². The lowest BCUT2D eigenvalue weighted by Gasteiger charge is -2.44. The highest BCUT2D eigenvalue weighted by atomic mass is 19.3. The van der Waals surface area contributed by atoms with Crippen molar-refractivity contribution in [3.05, 3.63) is 35.5 Å². The molecule has 0 amide bonds. The minimum Gasteiger partial charge on any atom is -0.393 e. The fourth-order valence-corrected chi connectivity index (χ4v) is 7.32. The Balaban J connectivity index is 1.69. The molecule has 0 saturated heterocycles. The molecule has 3 fully saturated rings. The van der Waals surface area contributed by atoms with E-state index in [4.69, 9.17) is 0 Å². The van der Waals surface area contributed by atoms with Crippen LogP contribution >= 0.6 is 0 Å². The highest BCUT2D eigenvalue weighted by Gasteiger charge is 2.51. The lowest BCUT2D eigenvalue weighted by Crippen LogP contribution is -2.36. The second-order valence-electron chi connectivity index (χ2n) is 11.3. The van der Waals surface area contributed by atoms with Crippen LogP contribution in [0.1, 0.15) is 105 Å². The molecule has 0 aromatic heterocycles. The lowest BCUT2D eigenvalue weighted by atomic mass is 9.60. The predicted molar refractivity (Wildman–Crippen MR) is 131 cm³/mol. The van der Waals surface area contributed by atoms with Crippen LogP contribution in [0, 0.1) is 29.1 Å². The monoisotopic (exact) mass is 448 g/mol. The number of halogens is 2. The molecule has 32 heavy (non-hydrogen) atoms. The maximum absolute atomic E-state index is 14.7. The summed E-state index contributed by atoms with van der Waals surface area (Å²) >= 11 is 0. The summed E-state index contributed by atoms with van der Waals surface area (Å²) < 4.78 is 29.4. The highest BCUT2D eigenvalue weighted by Crippen LogP contribution is 2.60. The smallest absolute Gasteiger partial charge is 0.250 e. The normalized spacial score (nSPS) is 35.0. The molecule has 1 N–H and O–H groups in total. The molecule has 3 heteroatoms. The van der Waals surface area contributed by atoms with Crippen LogP contribution in [-0.2, 0) is 0 Å². The van der Waals surface area contributed by atoms with Crippen LogP contribution in [0.15, 0.2) is 35.5 Å². The fraction of sp³-hybridized carbons (Fsp3) is 0.793. The highest BCUT2D eigenvalue weighted by molar-refractivity contribution is 5.36. The van der Waals surface area contributed by atoms with E-state index in [-0.39, 0.29) is 17.9 Å². The number of rotatable bonds is 8. The summed E-state index contributed by atoms with van der Waals surface area (Å²) in [5.41, 5.74) is 4.14. The van der Waals surface area contributed by atoms with Gasteiger partial charge < -0.3 is 5.11 Å². The number of aliphatic hydroxyl groups excluding tert-OH is 1. The van der Waals surface area contributed by atoms with Crippen molar-refractivity contribution in [1.82, 2.24) is 0 Å². The zero-order chi connectivity index (χ0) is 23.5. The van der Waals surface area contributed by atoms with E-state index in [9.17, 15) is 13.9 Å². The first kappa shape index (κ1) is 25.7. The Morgan fingerprint density at radius 1 is 1.16 bits per heavy atom. The largest absolute Gasteiger partial charge is 0.393 e. The first-order chi connectivity index (χ1) is 15.1. The van der Waals surface area contributed by atoms with Gasteiger partial charge in [0.05, 0.1) is 6.10 Å². The van der Waals surface area contributed by atoms with Crippen LogP contribution in [-0.4, -0.2) is 17.1 Å². The second-order valence-corrected chi connectivity index (χ2v) is 11.3. The third kappa shape index (κ3) is 5.40. The maximum atomic E-state index is 14.7. The zero-order valence-electron chi connectivity index (χ0n) is 20.9. The summed E-state index contributed by atoms with van der Waals surface area (Å²) in [6.07, 6.45) is 14.4. The van der Waals surface area contributed by atoms with E-state index < -0.39 is 11.8 Å². The van der Waals surface area contributed by atoms with Crippen LogP contribution in [0.3, 0.4) is 0 Å². The fourth-order valence-electron chi connectivity index (χ4n) is 7.32. The number of alkyl halides is 2. The lowest BCUT2D eigenvalue weighted by molar-refractivity contribution is -0.0748. The summed E-state index contributed by atoms with van der Waals surface area (Å²) in [5, 5.41) is 10.0. The van der Waals surface area contributed by atoms with Gasteiger partial charge in [-0.15, -0.1) is 0 Å². The van der Waals surface area contributed by atoms with Crippen molar-refractivity contribution in [3.8, 4) is 0 Å². The number of hydrogen-bond acceptors (Lipinski definition) is 1. The van der Waals surface area contributed by atoms with Crippen molar-refractivity contribution in [2.24, 2.45) is 29.1 Å². The van der Waals surface area contributed by atoms with Crippen LogP contribution < -0.4 is 0 Å². The Kier molecular flexibility index (Phi) is 8.45. The predicted octanol–water partition coefficient (Wildman–Crippen LogP) is 8.64.